The molecule has 1 aliphatic heterocycles. The first-order valence-electron chi connectivity index (χ1n) is 5.07. The van der Waals surface area contributed by atoms with Gasteiger partial charge in [-0.25, -0.2) is 9.97 Å². The van der Waals surface area contributed by atoms with E-state index in [1.54, 1.807) is 12.5 Å². The van der Waals surface area contributed by atoms with Gasteiger partial charge in [0.1, 0.15) is 6.33 Å². The fourth-order valence-corrected chi connectivity index (χ4v) is 1.88. The van der Waals surface area contributed by atoms with E-state index in [0.29, 0.717) is 6.04 Å². The third-order valence-electron chi connectivity index (χ3n) is 2.57. The smallest absolute Gasteiger partial charge is 0.115 e. The Morgan fingerprint density at radius 3 is 3.21 bits per heavy atom. The summed E-state index contributed by atoms with van der Waals surface area (Å²) < 4.78 is 0. The third kappa shape index (κ3) is 2.49. The van der Waals surface area contributed by atoms with Crippen LogP contribution in [0.25, 0.3) is 0 Å². The lowest BCUT2D eigenvalue weighted by Crippen LogP contribution is -2.42. The van der Waals surface area contributed by atoms with Crippen LogP contribution < -0.4 is 5.73 Å². The van der Waals surface area contributed by atoms with Crippen LogP contribution in [0.2, 0.25) is 0 Å². The fourth-order valence-electron chi connectivity index (χ4n) is 1.88. The molecule has 1 atom stereocenters. The molecule has 1 unspecified atom stereocenters. The van der Waals surface area contributed by atoms with Crippen LogP contribution in [0.1, 0.15) is 18.5 Å². The summed E-state index contributed by atoms with van der Waals surface area (Å²) in [6.45, 7) is 3.03. The van der Waals surface area contributed by atoms with E-state index in [1.165, 1.54) is 6.42 Å². The number of nitrogens with two attached hydrogens (primary N) is 1. The van der Waals surface area contributed by atoms with Crippen LogP contribution in [0, 0.1) is 0 Å². The molecule has 2 rings (SSSR count). The molecule has 0 bridgehead atoms. The molecular weight excluding hydrogens is 176 g/mol. The van der Waals surface area contributed by atoms with E-state index in [0.717, 1.165) is 31.7 Å². The Labute approximate surface area is 84.2 Å². The lowest BCUT2D eigenvalue weighted by Gasteiger charge is -2.30. The maximum atomic E-state index is 5.90. The molecule has 4 heteroatoms. The van der Waals surface area contributed by atoms with Gasteiger partial charge in [-0.1, -0.05) is 0 Å². The number of hydrogen-bond donors (Lipinski definition) is 1. The van der Waals surface area contributed by atoms with Gasteiger partial charge in [0, 0.05) is 25.3 Å². The van der Waals surface area contributed by atoms with E-state index in [1.807, 2.05) is 6.07 Å². The van der Waals surface area contributed by atoms with Crippen LogP contribution in [0.5, 0.6) is 0 Å². The van der Waals surface area contributed by atoms with Crippen molar-refractivity contribution in [1.82, 2.24) is 14.9 Å². The van der Waals surface area contributed by atoms with Crippen molar-refractivity contribution in [2.75, 3.05) is 13.1 Å². The van der Waals surface area contributed by atoms with E-state index in [4.69, 9.17) is 5.73 Å². The van der Waals surface area contributed by atoms with Crippen molar-refractivity contribution in [3.05, 3.63) is 24.3 Å². The van der Waals surface area contributed by atoms with Gasteiger partial charge >= 0.3 is 0 Å². The summed E-state index contributed by atoms with van der Waals surface area (Å²) in [5.74, 6) is 0. The van der Waals surface area contributed by atoms with Gasteiger partial charge in [0.15, 0.2) is 0 Å². The molecule has 1 aromatic rings. The van der Waals surface area contributed by atoms with Gasteiger partial charge in [-0.05, 0) is 25.5 Å². The minimum Gasteiger partial charge on any atom is -0.327 e. The molecule has 0 radical (unpaired) electrons. The van der Waals surface area contributed by atoms with Crippen molar-refractivity contribution in [3.63, 3.8) is 0 Å². The Morgan fingerprint density at radius 2 is 2.50 bits per heavy atom. The van der Waals surface area contributed by atoms with E-state index in [-0.39, 0.29) is 0 Å². The van der Waals surface area contributed by atoms with E-state index in [2.05, 4.69) is 14.9 Å². The minimum absolute atomic E-state index is 0.339. The van der Waals surface area contributed by atoms with Crippen LogP contribution in [-0.4, -0.2) is 34.0 Å². The number of rotatable bonds is 2. The van der Waals surface area contributed by atoms with E-state index in [9.17, 15) is 0 Å². The molecule has 14 heavy (non-hydrogen) atoms. The second-order valence-corrected chi connectivity index (χ2v) is 3.84. The molecule has 1 saturated heterocycles. The molecule has 1 aromatic heterocycles. The second-order valence-electron chi connectivity index (χ2n) is 3.84. The van der Waals surface area contributed by atoms with Gasteiger partial charge in [-0.3, -0.25) is 4.90 Å². The molecule has 0 saturated carbocycles. The van der Waals surface area contributed by atoms with Gasteiger partial charge in [-0.2, -0.15) is 0 Å². The maximum absolute atomic E-state index is 5.90. The highest BCUT2D eigenvalue weighted by atomic mass is 15.1. The van der Waals surface area contributed by atoms with Crippen LogP contribution in [-0.2, 0) is 6.54 Å². The summed E-state index contributed by atoms with van der Waals surface area (Å²) in [4.78, 5) is 10.5. The maximum Gasteiger partial charge on any atom is 0.115 e. The molecule has 1 aliphatic rings. The van der Waals surface area contributed by atoms with Gasteiger partial charge in [0.25, 0.3) is 0 Å². The van der Waals surface area contributed by atoms with Crippen molar-refractivity contribution >= 4 is 0 Å². The normalized spacial score (nSPS) is 23.6. The SMILES string of the molecule is NC1CCCN(Cc2ccncn2)C1. The lowest BCUT2D eigenvalue weighted by atomic mass is 10.1. The number of aromatic nitrogens is 2. The fraction of sp³-hybridized carbons (Fsp3) is 0.600. The summed E-state index contributed by atoms with van der Waals surface area (Å²) >= 11 is 0. The largest absolute Gasteiger partial charge is 0.327 e. The Morgan fingerprint density at radius 1 is 1.57 bits per heavy atom. The van der Waals surface area contributed by atoms with Crippen LogP contribution in [0.15, 0.2) is 18.6 Å². The van der Waals surface area contributed by atoms with Crippen molar-refractivity contribution in [2.45, 2.75) is 25.4 Å². The quantitative estimate of drug-likeness (QED) is 0.737. The zero-order valence-electron chi connectivity index (χ0n) is 8.26. The van der Waals surface area contributed by atoms with E-state index >= 15 is 0 Å². The topological polar surface area (TPSA) is 55.0 Å². The average Bonchev–Trinajstić information content (AvgIpc) is 2.19. The Balaban J connectivity index is 1.91. The highest BCUT2D eigenvalue weighted by Crippen LogP contribution is 2.10. The zero-order chi connectivity index (χ0) is 9.80. The number of likely N-dealkylation sites (tertiary alicyclic amines) is 1. The molecule has 76 valence electrons. The highest BCUT2D eigenvalue weighted by molar-refractivity contribution is 4.98. The van der Waals surface area contributed by atoms with Crippen molar-refractivity contribution < 1.29 is 0 Å². The monoisotopic (exact) mass is 192 g/mol. The van der Waals surface area contributed by atoms with Gasteiger partial charge in [-0.15, -0.1) is 0 Å². The lowest BCUT2D eigenvalue weighted by molar-refractivity contribution is 0.199. The predicted molar refractivity (Wildman–Crippen MR) is 54.5 cm³/mol. The number of hydrogen-bond acceptors (Lipinski definition) is 4. The predicted octanol–water partition coefficient (Wildman–Crippen LogP) is 0.400. The minimum atomic E-state index is 0.339. The molecule has 1 fully saturated rings. The number of piperidine rings is 1. The van der Waals surface area contributed by atoms with Crippen LogP contribution >= 0.6 is 0 Å². The highest BCUT2D eigenvalue weighted by Gasteiger charge is 2.16. The molecule has 4 nitrogen and oxygen atoms in total. The number of nitrogens with zero attached hydrogens (tertiary/aromatic N) is 3. The summed E-state index contributed by atoms with van der Waals surface area (Å²) in [5.41, 5.74) is 6.98. The third-order valence-corrected chi connectivity index (χ3v) is 2.57. The molecule has 0 spiro atoms. The summed E-state index contributed by atoms with van der Waals surface area (Å²) in [5, 5.41) is 0. The Kier molecular flexibility index (Phi) is 3.06. The molecule has 0 aliphatic carbocycles. The standard InChI is InChI=1S/C10H16N4/c11-9-2-1-5-14(6-9)7-10-3-4-12-8-13-10/h3-4,8-9H,1-2,5-7,11H2. The van der Waals surface area contributed by atoms with Crippen molar-refractivity contribution in [2.24, 2.45) is 5.73 Å². The van der Waals surface area contributed by atoms with Crippen molar-refractivity contribution in [3.8, 4) is 0 Å². The first kappa shape index (κ1) is 9.55. The average molecular weight is 192 g/mol. The molecule has 2 N–H and O–H groups in total. The van der Waals surface area contributed by atoms with Gasteiger partial charge in [0.05, 0.1) is 5.69 Å². The first-order chi connectivity index (χ1) is 6.84. The summed E-state index contributed by atoms with van der Waals surface area (Å²) in [6, 6.07) is 2.30. The summed E-state index contributed by atoms with van der Waals surface area (Å²) in [6.07, 6.45) is 5.73. The van der Waals surface area contributed by atoms with Crippen molar-refractivity contribution in [1.29, 1.82) is 0 Å². The zero-order valence-corrected chi connectivity index (χ0v) is 8.26. The second kappa shape index (κ2) is 4.48. The van der Waals surface area contributed by atoms with Crippen LogP contribution in [0.4, 0.5) is 0 Å². The summed E-state index contributed by atoms with van der Waals surface area (Å²) in [7, 11) is 0. The Hall–Kier alpha value is -1.00. The van der Waals surface area contributed by atoms with E-state index < -0.39 is 0 Å². The first-order valence-corrected chi connectivity index (χ1v) is 5.07. The molecule has 0 amide bonds. The van der Waals surface area contributed by atoms with Gasteiger partial charge < -0.3 is 5.73 Å². The molecule has 0 aromatic carbocycles. The van der Waals surface area contributed by atoms with Crippen LogP contribution in [0.3, 0.4) is 0 Å². The molecule has 2 heterocycles. The Bertz CT molecular complexity index is 275. The van der Waals surface area contributed by atoms with Gasteiger partial charge in [0.2, 0.25) is 0 Å². The molecular formula is C10H16N4.